The number of benzene rings is 1. The van der Waals surface area contributed by atoms with Crippen molar-refractivity contribution in [3.8, 4) is 11.1 Å². The third kappa shape index (κ3) is 4.50. The Balaban J connectivity index is 1.51. The Kier molecular flexibility index (Phi) is 6.22. The van der Waals surface area contributed by atoms with E-state index >= 15 is 4.39 Å². The van der Waals surface area contributed by atoms with Gasteiger partial charge in [-0.1, -0.05) is 23.2 Å². The van der Waals surface area contributed by atoms with Crippen LogP contribution in [0.4, 0.5) is 10.3 Å². The number of aliphatic hydroxyl groups excluding tert-OH is 1. The van der Waals surface area contributed by atoms with E-state index in [0.29, 0.717) is 21.9 Å². The summed E-state index contributed by atoms with van der Waals surface area (Å²) in [5.74, 6) is -1.38. The zero-order chi connectivity index (χ0) is 22.8. The highest BCUT2D eigenvalue weighted by molar-refractivity contribution is 6.34. The van der Waals surface area contributed by atoms with E-state index < -0.39 is 17.8 Å². The highest BCUT2D eigenvalue weighted by Gasteiger charge is 2.21. The molecule has 0 aliphatic rings. The molecule has 3 heterocycles. The summed E-state index contributed by atoms with van der Waals surface area (Å²) in [6, 6.07) is 9.36. The number of hydrogen-bond acceptors (Lipinski definition) is 6. The molecule has 0 aliphatic carbocycles. The molecule has 8 nitrogen and oxygen atoms in total. The molecule has 1 amide bonds. The largest absolute Gasteiger partial charge is 0.387 e. The quantitative estimate of drug-likeness (QED) is 0.392. The lowest BCUT2D eigenvalue weighted by molar-refractivity contribution is 0.0938. The first-order chi connectivity index (χ1) is 15.3. The number of aliphatic hydroxyl groups is 1. The second kappa shape index (κ2) is 9.07. The second-order valence-electron chi connectivity index (χ2n) is 6.93. The molecule has 0 fully saturated rings. The lowest BCUT2D eigenvalue weighted by atomic mass is 10.0. The number of anilines is 1. The highest BCUT2D eigenvalue weighted by atomic mass is 35.5. The van der Waals surface area contributed by atoms with Gasteiger partial charge in [0.05, 0.1) is 27.4 Å². The summed E-state index contributed by atoms with van der Waals surface area (Å²) in [4.78, 5) is 20.7. The van der Waals surface area contributed by atoms with Crippen LogP contribution in [0.2, 0.25) is 10.0 Å². The third-order valence-electron chi connectivity index (χ3n) is 4.78. The smallest absolute Gasteiger partial charge is 0.255 e. The molecule has 0 unspecified atom stereocenters. The maximum absolute atomic E-state index is 15.3. The number of carbonyl (C=O) groups excluding carboxylic acids is 1. The minimum atomic E-state index is -0.915. The van der Waals surface area contributed by atoms with Crippen LogP contribution in [0.5, 0.6) is 0 Å². The number of hydrogen-bond donors (Lipinski definition) is 3. The summed E-state index contributed by atoms with van der Waals surface area (Å²) < 4.78 is 16.7. The fourth-order valence-electron chi connectivity index (χ4n) is 3.19. The number of carbonyl (C=O) groups is 1. The number of fused-ring (bicyclic) bond motifs is 1. The van der Waals surface area contributed by atoms with Crippen molar-refractivity contribution in [1.82, 2.24) is 24.9 Å². The van der Waals surface area contributed by atoms with Gasteiger partial charge in [0.2, 0.25) is 5.95 Å². The Morgan fingerprint density at radius 3 is 2.81 bits per heavy atom. The van der Waals surface area contributed by atoms with E-state index in [1.54, 1.807) is 30.5 Å². The Morgan fingerprint density at radius 1 is 1.25 bits per heavy atom. The number of halogens is 3. The molecule has 164 valence electrons. The van der Waals surface area contributed by atoms with Crippen molar-refractivity contribution in [2.75, 3.05) is 12.3 Å². The van der Waals surface area contributed by atoms with Crippen molar-refractivity contribution in [3.05, 3.63) is 75.9 Å². The average molecular weight is 475 g/mol. The predicted molar refractivity (Wildman–Crippen MR) is 119 cm³/mol. The average Bonchev–Trinajstić information content (AvgIpc) is 3.13. The number of nitrogen functional groups attached to an aromatic ring is 1. The van der Waals surface area contributed by atoms with Crippen LogP contribution in [-0.4, -0.2) is 37.1 Å². The molecule has 1 aromatic carbocycles. The zero-order valence-corrected chi connectivity index (χ0v) is 18.0. The predicted octanol–water partition coefficient (Wildman–Crippen LogP) is 3.67. The molecule has 32 heavy (non-hydrogen) atoms. The molecule has 0 saturated heterocycles. The van der Waals surface area contributed by atoms with E-state index in [0.717, 1.165) is 0 Å². The maximum atomic E-state index is 15.3. The van der Waals surface area contributed by atoms with Gasteiger partial charge in [-0.3, -0.25) is 9.78 Å². The molecule has 4 aromatic rings. The maximum Gasteiger partial charge on any atom is 0.255 e. The minimum Gasteiger partial charge on any atom is -0.387 e. The Morgan fingerprint density at radius 2 is 2.06 bits per heavy atom. The van der Waals surface area contributed by atoms with Gasteiger partial charge in [0, 0.05) is 24.5 Å². The standard InChI is InChI=1S/C21H17Cl2FN6O2/c22-12-1-4-15(27-10-12)16(31)5-7-26-20(32)18-14(23)3-2-13(19(18)24)11-6-8-30-17(9-11)28-21(25)29-30/h1-4,6,8-10,16,31H,5,7H2,(H2,25,29)(H,26,32)/t16-/m1/s1. The summed E-state index contributed by atoms with van der Waals surface area (Å²) >= 11 is 11.9. The van der Waals surface area contributed by atoms with E-state index in [9.17, 15) is 9.90 Å². The Hall–Kier alpha value is -3.27. The molecule has 0 saturated carbocycles. The van der Waals surface area contributed by atoms with Gasteiger partial charge in [0.1, 0.15) is 5.82 Å². The van der Waals surface area contributed by atoms with E-state index in [2.05, 4.69) is 20.4 Å². The van der Waals surface area contributed by atoms with Crippen molar-refractivity contribution in [3.63, 3.8) is 0 Å². The van der Waals surface area contributed by atoms with Crippen LogP contribution in [0.15, 0.2) is 48.8 Å². The molecule has 4 N–H and O–H groups in total. The normalized spacial score (nSPS) is 12.1. The van der Waals surface area contributed by atoms with Gasteiger partial charge in [-0.05, 0) is 48.4 Å². The Labute approximate surface area is 191 Å². The summed E-state index contributed by atoms with van der Waals surface area (Å²) in [6.07, 6.45) is 2.27. The summed E-state index contributed by atoms with van der Waals surface area (Å²) in [5, 5.41) is 17.2. The summed E-state index contributed by atoms with van der Waals surface area (Å²) in [5.41, 5.74) is 6.81. The molecule has 1 atom stereocenters. The van der Waals surface area contributed by atoms with E-state index in [1.165, 1.54) is 22.8 Å². The third-order valence-corrected chi connectivity index (χ3v) is 5.32. The molecule has 0 bridgehead atoms. The van der Waals surface area contributed by atoms with Gasteiger partial charge < -0.3 is 16.2 Å². The molecular weight excluding hydrogens is 458 g/mol. The van der Waals surface area contributed by atoms with Crippen molar-refractivity contribution in [2.45, 2.75) is 12.5 Å². The van der Waals surface area contributed by atoms with Gasteiger partial charge in [-0.15, -0.1) is 5.10 Å². The number of pyridine rings is 2. The van der Waals surface area contributed by atoms with Crippen molar-refractivity contribution < 1.29 is 14.3 Å². The van der Waals surface area contributed by atoms with Crippen molar-refractivity contribution in [1.29, 1.82) is 0 Å². The molecule has 3 aromatic heterocycles. The molecule has 0 aliphatic heterocycles. The first-order valence-electron chi connectivity index (χ1n) is 9.51. The number of amides is 1. The monoisotopic (exact) mass is 474 g/mol. The fraction of sp³-hybridized carbons (Fsp3) is 0.143. The van der Waals surface area contributed by atoms with Crippen LogP contribution in [0, 0.1) is 5.82 Å². The summed E-state index contributed by atoms with van der Waals surface area (Å²) in [6.45, 7) is 0.0787. The molecule has 0 spiro atoms. The molecule has 0 radical (unpaired) electrons. The van der Waals surface area contributed by atoms with Crippen LogP contribution in [-0.2, 0) is 0 Å². The van der Waals surface area contributed by atoms with E-state index in [4.69, 9.17) is 28.9 Å². The van der Waals surface area contributed by atoms with Gasteiger partial charge >= 0.3 is 0 Å². The zero-order valence-electron chi connectivity index (χ0n) is 16.5. The van der Waals surface area contributed by atoms with Crippen LogP contribution in [0.3, 0.4) is 0 Å². The van der Waals surface area contributed by atoms with Crippen molar-refractivity contribution in [2.24, 2.45) is 0 Å². The topological polar surface area (TPSA) is 118 Å². The first kappa shape index (κ1) is 21.9. The first-order valence-corrected chi connectivity index (χ1v) is 10.3. The number of nitrogens with two attached hydrogens (primary N) is 1. The van der Waals surface area contributed by atoms with Crippen LogP contribution in [0.1, 0.15) is 28.6 Å². The lowest BCUT2D eigenvalue weighted by Gasteiger charge is -2.13. The van der Waals surface area contributed by atoms with Gasteiger partial charge in [0.15, 0.2) is 5.65 Å². The molecule has 4 rings (SSSR count). The fourth-order valence-corrected chi connectivity index (χ4v) is 3.54. The SMILES string of the molecule is Nc1nc2cc(-c3ccc(Cl)c(C(=O)NCC[C@@H](O)c4ccc(Cl)cn4)c3F)ccn2n1. The molecule has 11 heteroatoms. The van der Waals surface area contributed by atoms with Gasteiger partial charge in [-0.2, -0.15) is 4.98 Å². The van der Waals surface area contributed by atoms with E-state index in [-0.39, 0.29) is 35.1 Å². The number of nitrogens with one attached hydrogen (secondary N) is 1. The minimum absolute atomic E-state index is 0.0310. The summed E-state index contributed by atoms with van der Waals surface area (Å²) in [7, 11) is 0. The van der Waals surface area contributed by atoms with Gasteiger partial charge in [0.25, 0.3) is 5.91 Å². The highest BCUT2D eigenvalue weighted by Crippen LogP contribution is 2.30. The second-order valence-corrected chi connectivity index (χ2v) is 7.78. The number of rotatable bonds is 6. The van der Waals surface area contributed by atoms with Gasteiger partial charge in [-0.25, -0.2) is 8.91 Å². The van der Waals surface area contributed by atoms with Crippen LogP contribution < -0.4 is 11.1 Å². The molecular formula is C21H17Cl2FN6O2. The van der Waals surface area contributed by atoms with Crippen LogP contribution >= 0.6 is 23.2 Å². The number of nitrogens with zero attached hydrogens (tertiary/aromatic N) is 4. The van der Waals surface area contributed by atoms with Crippen LogP contribution in [0.25, 0.3) is 16.8 Å². The Bertz CT molecular complexity index is 1300. The lowest BCUT2D eigenvalue weighted by Crippen LogP contribution is -2.27. The van der Waals surface area contributed by atoms with E-state index in [1.807, 2.05) is 0 Å². The van der Waals surface area contributed by atoms with Crippen molar-refractivity contribution >= 4 is 40.7 Å². The number of aromatic nitrogens is 4.